The number of thiophene rings is 1. The van der Waals surface area contributed by atoms with Crippen LogP contribution in [0.3, 0.4) is 0 Å². The molecule has 14 heteroatoms. The highest BCUT2D eigenvalue weighted by molar-refractivity contribution is 7.18. The van der Waals surface area contributed by atoms with E-state index in [0.29, 0.717) is 79.4 Å². The van der Waals surface area contributed by atoms with Crippen molar-refractivity contribution >= 4 is 29.0 Å². The maximum atomic E-state index is 13.8. The predicted molar refractivity (Wildman–Crippen MR) is 208 cm³/mol. The molecule has 1 aromatic heterocycles. The first-order valence-corrected chi connectivity index (χ1v) is 19.1. The Bertz CT molecular complexity index is 1750. The molecule has 2 heterocycles. The van der Waals surface area contributed by atoms with Gasteiger partial charge in [-0.3, -0.25) is 9.69 Å². The van der Waals surface area contributed by atoms with Crippen LogP contribution < -0.4 is 31.2 Å². The Kier molecular flexibility index (Phi) is 16.5. The van der Waals surface area contributed by atoms with Gasteiger partial charge in [-0.2, -0.15) is 0 Å². The number of nitrogens with two attached hydrogens (primary N) is 1. The number of likely N-dealkylation sites (tertiary alicyclic amines) is 1. The van der Waals surface area contributed by atoms with E-state index in [9.17, 15) is 19.1 Å². The normalized spacial score (nSPS) is 15.0. The maximum absolute atomic E-state index is 13.8. The lowest BCUT2D eigenvalue weighted by Crippen LogP contribution is -2.48. The van der Waals surface area contributed by atoms with Crippen LogP contribution in [0.5, 0.6) is 11.5 Å². The Balaban J connectivity index is 0.893. The summed E-state index contributed by atoms with van der Waals surface area (Å²) in [5.74, 6) is 0.664. The summed E-state index contributed by atoms with van der Waals surface area (Å²) in [5, 5.41) is 19.1. The molecular formula is C40H50FN5O7S. The van der Waals surface area contributed by atoms with Crippen molar-refractivity contribution in [3.05, 3.63) is 101 Å². The molecule has 0 spiro atoms. The van der Waals surface area contributed by atoms with Gasteiger partial charge in [0.1, 0.15) is 34.9 Å². The van der Waals surface area contributed by atoms with Gasteiger partial charge >= 0.3 is 6.03 Å². The monoisotopic (exact) mass is 763 g/mol. The molecule has 6 N–H and O–H groups in total. The van der Waals surface area contributed by atoms with Crippen molar-refractivity contribution in [3.8, 4) is 21.9 Å². The van der Waals surface area contributed by atoms with Gasteiger partial charge in [0, 0.05) is 49.6 Å². The molecule has 1 aliphatic heterocycles. The molecule has 5 rings (SSSR count). The van der Waals surface area contributed by atoms with Crippen LogP contribution in [0.2, 0.25) is 0 Å². The second-order valence-electron chi connectivity index (χ2n) is 12.9. The second kappa shape index (κ2) is 22.0. The van der Waals surface area contributed by atoms with Gasteiger partial charge in [-0.1, -0.05) is 48.5 Å². The number of urea groups is 1. The zero-order chi connectivity index (χ0) is 38.0. The lowest BCUT2D eigenvalue weighted by Gasteiger charge is -2.33. The SMILES string of the molecule is NC(=O)Nc1cc(-c2cccc(F)c2)sc1C(=O)N[C@H]1CCCN(CCOCCOCCNC[C@@H](O)COc2cccc(OCCc3ccccc3)c2)C1. The zero-order valence-electron chi connectivity index (χ0n) is 30.3. The van der Waals surface area contributed by atoms with E-state index in [0.717, 1.165) is 38.1 Å². The van der Waals surface area contributed by atoms with Crippen LogP contribution in [-0.2, 0) is 15.9 Å². The number of ether oxygens (including phenoxy) is 4. The van der Waals surface area contributed by atoms with Crippen molar-refractivity contribution in [1.82, 2.24) is 15.5 Å². The summed E-state index contributed by atoms with van der Waals surface area (Å²) < 4.78 is 36.9. The summed E-state index contributed by atoms with van der Waals surface area (Å²) in [4.78, 5) is 28.1. The first-order chi connectivity index (χ1) is 26.3. The smallest absolute Gasteiger partial charge is 0.316 e. The number of nitrogens with zero attached hydrogens (tertiary/aromatic N) is 1. The summed E-state index contributed by atoms with van der Waals surface area (Å²) in [5.41, 5.74) is 7.47. The van der Waals surface area contributed by atoms with Gasteiger partial charge in [-0.05, 0) is 60.8 Å². The number of piperidine rings is 1. The van der Waals surface area contributed by atoms with Gasteiger partial charge in [0.15, 0.2) is 0 Å². The Morgan fingerprint density at radius 3 is 2.50 bits per heavy atom. The quantitative estimate of drug-likeness (QED) is 0.0702. The first-order valence-electron chi connectivity index (χ1n) is 18.3. The number of nitrogens with one attached hydrogen (secondary N) is 3. The molecule has 0 aliphatic carbocycles. The van der Waals surface area contributed by atoms with Gasteiger partial charge in [0.25, 0.3) is 5.91 Å². The van der Waals surface area contributed by atoms with Gasteiger partial charge in [0.2, 0.25) is 0 Å². The van der Waals surface area contributed by atoms with E-state index >= 15 is 0 Å². The lowest BCUT2D eigenvalue weighted by atomic mass is 10.1. The minimum Gasteiger partial charge on any atom is -0.493 e. The molecule has 3 aromatic carbocycles. The Labute approximate surface area is 319 Å². The average molecular weight is 764 g/mol. The second-order valence-corrected chi connectivity index (χ2v) is 14.0. The summed E-state index contributed by atoms with van der Waals surface area (Å²) in [7, 11) is 0. The number of amides is 3. The van der Waals surface area contributed by atoms with E-state index in [2.05, 4.69) is 33.0 Å². The first kappa shape index (κ1) is 40.6. The van der Waals surface area contributed by atoms with E-state index in [1.807, 2.05) is 42.5 Å². The van der Waals surface area contributed by atoms with Gasteiger partial charge < -0.3 is 45.7 Å². The molecule has 1 fully saturated rings. The molecule has 3 amide bonds. The van der Waals surface area contributed by atoms with Gasteiger partial charge in [-0.25, -0.2) is 9.18 Å². The molecule has 1 aliphatic rings. The molecule has 12 nitrogen and oxygen atoms in total. The number of aliphatic hydroxyl groups excluding tert-OH is 1. The largest absolute Gasteiger partial charge is 0.493 e. The molecule has 1 saturated heterocycles. The Morgan fingerprint density at radius 1 is 0.926 bits per heavy atom. The minimum absolute atomic E-state index is 0.0746. The number of carbonyl (C=O) groups excluding carboxylic acids is 2. The third-order valence-corrected chi connectivity index (χ3v) is 9.81. The van der Waals surface area contributed by atoms with Crippen LogP contribution in [0.25, 0.3) is 10.4 Å². The number of hydrogen-bond donors (Lipinski definition) is 5. The summed E-state index contributed by atoms with van der Waals surface area (Å²) in [6, 6.07) is 24.5. The van der Waals surface area contributed by atoms with Gasteiger partial charge in [0.05, 0.1) is 38.7 Å². The fraction of sp³-hybridized carbons (Fsp3) is 0.400. The molecular weight excluding hydrogens is 714 g/mol. The third-order valence-electron chi connectivity index (χ3n) is 8.62. The maximum Gasteiger partial charge on any atom is 0.316 e. The fourth-order valence-electron chi connectivity index (χ4n) is 5.96. The van der Waals surface area contributed by atoms with Crippen molar-refractivity contribution in [3.63, 3.8) is 0 Å². The Hall–Kier alpha value is -4.57. The number of rotatable bonds is 22. The van der Waals surface area contributed by atoms with E-state index in [1.165, 1.54) is 29.0 Å². The van der Waals surface area contributed by atoms with Gasteiger partial charge in [-0.15, -0.1) is 11.3 Å². The van der Waals surface area contributed by atoms with Crippen LogP contribution >= 0.6 is 11.3 Å². The molecule has 0 saturated carbocycles. The van der Waals surface area contributed by atoms with Crippen LogP contribution in [0.1, 0.15) is 28.1 Å². The van der Waals surface area contributed by atoms with E-state index in [1.54, 1.807) is 18.2 Å². The standard InChI is InChI=1S/C40H50FN5O7S/c41-31-10-4-9-30(23-31)37-25-36(45-40(42)49)38(54-37)39(48)44-32-11-6-16-46(27-32)17-20-51-22-21-50-19-15-43-26-33(47)28-53-35-13-5-12-34(24-35)52-18-14-29-7-2-1-3-8-29/h1-5,7-10,12-13,23-25,32-33,43,47H,6,11,14-22,26-28H2,(H,44,48)(H3,42,45,49)/t32-,33+/m0/s1. The number of anilines is 1. The highest BCUT2D eigenvalue weighted by Gasteiger charge is 2.25. The molecule has 0 radical (unpaired) electrons. The van der Waals surface area contributed by atoms with E-state index in [-0.39, 0.29) is 18.6 Å². The van der Waals surface area contributed by atoms with Crippen molar-refractivity contribution in [2.75, 3.05) is 77.7 Å². The zero-order valence-corrected chi connectivity index (χ0v) is 31.2. The van der Waals surface area contributed by atoms with Crippen LogP contribution in [0.4, 0.5) is 14.9 Å². The molecule has 0 bridgehead atoms. The number of hydrogen-bond acceptors (Lipinski definition) is 10. The van der Waals surface area contributed by atoms with E-state index in [4.69, 9.17) is 24.7 Å². The average Bonchev–Trinajstić information content (AvgIpc) is 3.59. The lowest BCUT2D eigenvalue weighted by molar-refractivity contribution is 0.0346. The van der Waals surface area contributed by atoms with Crippen LogP contribution in [0, 0.1) is 5.82 Å². The van der Waals surface area contributed by atoms with Crippen molar-refractivity contribution in [2.45, 2.75) is 31.4 Å². The summed E-state index contributed by atoms with van der Waals surface area (Å²) in [6.45, 7) is 5.91. The summed E-state index contributed by atoms with van der Waals surface area (Å²) >= 11 is 1.17. The van der Waals surface area contributed by atoms with Crippen molar-refractivity contribution in [1.29, 1.82) is 0 Å². The number of aliphatic hydroxyl groups is 1. The highest BCUT2D eigenvalue weighted by Crippen LogP contribution is 2.35. The number of carbonyl (C=O) groups is 2. The molecule has 2 atom stereocenters. The van der Waals surface area contributed by atoms with Crippen LogP contribution in [-0.4, -0.2) is 106 Å². The third kappa shape index (κ3) is 14.0. The predicted octanol–water partition coefficient (Wildman–Crippen LogP) is 4.92. The highest BCUT2D eigenvalue weighted by atomic mass is 32.1. The molecule has 54 heavy (non-hydrogen) atoms. The summed E-state index contributed by atoms with van der Waals surface area (Å²) in [6.07, 6.45) is 1.89. The minimum atomic E-state index is -0.782. The topological polar surface area (TPSA) is 157 Å². The van der Waals surface area contributed by atoms with Crippen molar-refractivity contribution < 1.29 is 38.0 Å². The Morgan fingerprint density at radius 2 is 1.70 bits per heavy atom. The van der Waals surface area contributed by atoms with Crippen molar-refractivity contribution in [2.24, 2.45) is 5.73 Å². The molecule has 0 unspecified atom stereocenters. The fourth-order valence-corrected chi connectivity index (χ4v) is 6.97. The molecule has 290 valence electrons. The number of benzene rings is 3. The number of halogens is 1. The van der Waals surface area contributed by atoms with E-state index < -0.39 is 18.0 Å². The number of primary amides is 1. The molecule has 4 aromatic rings. The van der Waals surface area contributed by atoms with Crippen LogP contribution in [0.15, 0.2) is 84.9 Å².